The van der Waals surface area contributed by atoms with E-state index in [1.807, 2.05) is 0 Å². The van der Waals surface area contributed by atoms with Crippen LogP contribution in [0.4, 0.5) is 5.69 Å². The van der Waals surface area contributed by atoms with Crippen LogP contribution in [0.15, 0.2) is 56.8 Å². The van der Waals surface area contributed by atoms with Gasteiger partial charge in [0.15, 0.2) is 0 Å². The summed E-state index contributed by atoms with van der Waals surface area (Å²) in [6, 6.07) is 10.2. The van der Waals surface area contributed by atoms with Crippen molar-refractivity contribution in [3.05, 3.63) is 57.4 Å². The smallest absolute Gasteiger partial charge is 0.250 e. The minimum atomic E-state index is -1.23. The molecule has 2 N–H and O–H groups in total. The Balaban J connectivity index is 2.12. The van der Waals surface area contributed by atoms with E-state index in [2.05, 4.69) is 15.9 Å². The fraction of sp³-hybridized carbons (Fsp3) is 0.154. The molecule has 1 heterocycles. The fourth-order valence-corrected chi connectivity index (χ4v) is 3.33. The number of nitrogen functional groups attached to an aromatic ring is 1. The summed E-state index contributed by atoms with van der Waals surface area (Å²) in [6.45, 7) is 0.401. The van der Waals surface area contributed by atoms with E-state index in [9.17, 15) is 9.00 Å². The molecule has 0 fully saturated rings. The van der Waals surface area contributed by atoms with E-state index in [0.29, 0.717) is 22.9 Å². The number of hydrogen-bond acceptors (Lipinski definition) is 3. The van der Waals surface area contributed by atoms with E-state index in [-0.39, 0.29) is 5.56 Å². The number of pyridine rings is 1. The van der Waals surface area contributed by atoms with Gasteiger partial charge >= 0.3 is 0 Å². The summed E-state index contributed by atoms with van der Waals surface area (Å²) in [4.78, 5) is 12.1. The number of nitrogens with zero attached hydrogens (tertiary/aromatic N) is 1. The Morgan fingerprint density at radius 1 is 1.26 bits per heavy atom. The molecule has 0 amide bonds. The van der Waals surface area contributed by atoms with E-state index in [1.165, 1.54) is 10.6 Å². The highest BCUT2D eigenvalue weighted by atomic mass is 79.9. The van der Waals surface area contributed by atoms with Gasteiger partial charge < -0.3 is 10.3 Å². The van der Waals surface area contributed by atoms with Gasteiger partial charge in [0.1, 0.15) is 0 Å². The second-order valence-electron chi connectivity index (χ2n) is 3.96. The summed E-state index contributed by atoms with van der Waals surface area (Å²) >= 11 is 3.33. The Bertz CT molecular complexity index is 670. The number of rotatable bonds is 4. The van der Waals surface area contributed by atoms with Crippen molar-refractivity contribution < 1.29 is 4.21 Å². The Morgan fingerprint density at radius 2 is 2.05 bits per heavy atom. The molecule has 19 heavy (non-hydrogen) atoms. The molecule has 1 aromatic carbocycles. The van der Waals surface area contributed by atoms with Crippen LogP contribution in [0.25, 0.3) is 0 Å². The Morgan fingerprint density at radius 3 is 2.79 bits per heavy atom. The maximum Gasteiger partial charge on any atom is 0.250 e. The number of aromatic nitrogens is 1. The maximum atomic E-state index is 12.2. The molecule has 6 heteroatoms. The minimum absolute atomic E-state index is 0.0956. The quantitative estimate of drug-likeness (QED) is 0.865. The van der Waals surface area contributed by atoms with Gasteiger partial charge in [0.2, 0.25) is 0 Å². The predicted octanol–water partition coefficient (Wildman–Crippen LogP) is 2.00. The summed E-state index contributed by atoms with van der Waals surface area (Å²) in [7, 11) is -1.23. The molecule has 0 saturated heterocycles. The molecule has 1 aromatic heterocycles. The van der Waals surface area contributed by atoms with E-state index < -0.39 is 10.8 Å². The molecule has 1 unspecified atom stereocenters. The molecule has 0 aliphatic heterocycles. The van der Waals surface area contributed by atoms with E-state index in [0.717, 1.165) is 4.47 Å². The Hall–Kier alpha value is -1.40. The topological polar surface area (TPSA) is 65.1 Å². The molecule has 4 nitrogen and oxygen atoms in total. The molecule has 100 valence electrons. The Labute approximate surface area is 121 Å². The van der Waals surface area contributed by atoms with Crippen molar-refractivity contribution in [2.75, 3.05) is 11.5 Å². The van der Waals surface area contributed by atoms with Gasteiger partial charge in [-0.15, -0.1) is 0 Å². The summed E-state index contributed by atoms with van der Waals surface area (Å²) in [6.07, 6.45) is 1.68. The predicted molar refractivity (Wildman–Crippen MR) is 80.5 cm³/mol. The van der Waals surface area contributed by atoms with Gasteiger partial charge in [0.05, 0.1) is 15.7 Å². The van der Waals surface area contributed by atoms with Crippen LogP contribution in [-0.2, 0) is 17.3 Å². The highest BCUT2D eigenvalue weighted by Crippen LogP contribution is 2.21. The van der Waals surface area contributed by atoms with Crippen molar-refractivity contribution in [1.82, 2.24) is 4.57 Å². The van der Waals surface area contributed by atoms with E-state index in [4.69, 9.17) is 5.73 Å². The Kier molecular flexibility index (Phi) is 4.55. The van der Waals surface area contributed by atoms with Crippen LogP contribution in [0, 0.1) is 0 Å². The zero-order valence-corrected chi connectivity index (χ0v) is 12.5. The highest BCUT2D eigenvalue weighted by molar-refractivity contribution is 9.10. The summed E-state index contributed by atoms with van der Waals surface area (Å²) < 4.78 is 14.6. The van der Waals surface area contributed by atoms with Crippen molar-refractivity contribution in [3.8, 4) is 0 Å². The number of hydrogen-bond donors (Lipinski definition) is 1. The van der Waals surface area contributed by atoms with Gasteiger partial charge in [-0.05, 0) is 24.3 Å². The first-order chi connectivity index (χ1) is 9.08. The lowest BCUT2D eigenvalue weighted by Gasteiger charge is -2.08. The van der Waals surface area contributed by atoms with Crippen LogP contribution in [0.2, 0.25) is 0 Å². The maximum absolute atomic E-state index is 12.2. The lowest BCUT2D eigenvalue weighted by atomic mass is 10.3. The first-order valence-electron chi connectivity index (χ1n) is 5.67. The lowest BCUT2D eigenvalue weighted by Crippen LogP contribution is -2.21. The van der Waals surface area contributed by atoms with Crippen LogP contribution in [0.3, 0.4) is 0 Å². The van der Waals surface area contributed by atoms with Crippen molar-refractivity contribution in [1.29, 1.82) is 0 Å². The van der Waals surface area contributed by atoms with Crippen molar-refractivity contribution in [3.63, 3.8) is 0 Å². The first-order valence-corrected chi connectivity index (χ1v) is 7.78. The van der Waals surface area contributed by atoms with Crippen LogP contribution < -0.4 is 11.3 Å². The van der Waals surface area contributed by atoms with Crippen molar-refractivity contribution in [2.45, 2.75) is 11.4 Å². The van der Waals surface area contributed by atoms with E-state index >= 15 is 0 Å². The molecule has 0 saturated carbocycles. The van der Waals surface area contributed by atoms with Gasteiger partial charge in [-0.25, -0.2) is 0 Å². The van der Waals surface area contributed by atoms with Crippen LogP contribution in [-0.4, -0.2) is 14.5 Å². The molecule has 0 spiro atoms. The highest BCUT2D eigenvalue weighted by Gasteiger charge is 2.09. The second-order valence-corrected chi connectivity index (χ2v) is 6.42. The third kappa shape index (κ3) is 3.54. The van der Waals surface area contributed by atoms with Gasteiger partial charge in [-0.1, -0.05) is 22.0 Å². The third-order valence-electron chi connectivity index (χ3n) is 2.64. The molecule has 0 radical (unpaired) electrons. The largest absolute Gasteiger partial charge is 0.398 e. The second kappa shape index (κ2) is 6.16. The summed E-state index contributed by atoms with van der Waals surface area (Å²) in [5.74, 6) is 0.352. The fourth-order valence-electron chi connectivity index (χ4n) is 1.64. The van der Waals surface area contributed by atoms with Crippen LogP contribution in [0.1, 0.15) is 0 Å². The molecular formula is C13H13BrN2O2S. The normalized spacial score (nSPS) is 12.3. The number of aryl methyl sites for hydroxylation is 1. The monoisotopic (exact) mass is 340 g/mol. The molecular weight excluding hydrogens is 328 g/mol. The van der Waals surface area contributed by atoms with Crippen molar-refractivity contribution >= 4 is 32.4 Å². The molecule has 1 atom stereocenters. The van der Waals surface area contributed by atoms with Gasteiger partial charge in [-0.3, -0.25) is 9.00 Å². The van der Waals surface area contributed by atoms with E-state index in [1.54, 1.807) is 36.5 Å². The minimum Gasteiger partial charge on any atom is -0.398 e. The van der Waals surface area contributed by atoms with Crippen molar-refractivity contribution in [2.24, 2.45) is 0 Å². The average Bonchev–Trinajstić information content (AvgIpc) is 2.40. The number of halogens is 1. The van der Waals surface area contributed by atoms with Gasteiger partial charge in [0, 0.05) is 34.7 Å². The molecule has 0 bridgehead atoms. The lowest BCUT2D eigenvalue weighted by molar-refractivity contribution is 0.669. The number of nitrogens with two attached hydrogens (primary N) is 1. The third-order valence-corrected chi connectivity index (χ3v) is 4.53. The van der Waals surface area contributed by atoms with Gasteiger partial charge in [-0.2, -0.15) is 0 Å². The zero-order valence-electron chi connectivity index (χ0n) is 10.1. The standard InChI is InChI=1S/C13H13BrN2O2S/c14-10-4-5-11(15)12(9-10)19(18)8-7-16-6-2-1-3-13(16)17/h1-6,9H,7-8,15H2. The molecule has 0 aliphatic rings. The zero-order chi connectivity index (χ0) is 13.8. The van der Waals surface area contributed by atoms with Crippen LogP contribution in [0.5, 0.6) is 0 Å². The molecule has 0 aliphatic carbocycles. The average molecular weight is 341 g/mol. The number of anilines is 1. The molecule has 2 rings (SSSR count). The van der Waals surface area contributed by atoms with Gasteiger partial charge in [0.25, 0.3) is 5.56 Å². The SMILES string of the molecule is Nc1ccc(Br)cc1S(=O)CCn1ccccc1=O. The number of benzene rings is 1. The first kappa shape index (κ1) is 14.0. The molecule has 2 aromatic rings. The summed E-state index contributed by atoms with van der Waals surface area (Å²) in [5, 5.41) is 0. The summed E-state index contributed by atoms with van der Waals surface area (Å²) in [5.41, 5.74) is 6.21. The van der Waals surface area contributed by atoms with Crippen LogP contribution >= 0.6 is 15.9 Å².